The van der Waals surface area contributed by atoms with Crippen LogP contribution in [0.3, 0.4) is 0 Å². The molecule has 0 spiro atoms. The molecule has 1 N–H and O–H groups in total. The molecule has 0 fully saturated rings. The Morgan fingerprint density at radius 3 is 2.60 bits per heavy atom. The summed E-state index contributed by atoms with van der Waals surface area (Å²) in [5.74, 6) is 0. The lowest BCUT2D eigenvalue weighted by Crippen LogP contribution is -2.36. The number of aromatic nitrogens is 1. The predicted octanol–water partition coefficient (Wildman–Crippen LogP) is 1.51. The van der Waals surface area contributed by atoms with Crippen LogP contribution in [-0.2, 0) is 6.54 Å². The normalized spacial score (nSPS) is 13.1. The van der Waals surface area contributed by atoms with E-state index in [1.807, 2.05) is 19.4 Å². The van der Waals surface area contributed by atoms with E-state index in [9.17, 15) is 0 Å². The van der Waals surface area contributed by atoms with E-state index in [4.69, 9.17) is 0 Å². The molecule has 1 rings (SSSR count). The van der Waals surface area contributed by atoms with Gasteiger partial charge < -0.3 is 10.2 Å². The topological polar surface area (TPSA) is 28.2 Å². The van der Waals surface area contributed by atoms with Gasteiger partial charge >= 0.3 is 0 Å². The van der Waals surface area contributed by atoms with Crippen LogP contribution < -0.4 is 5.32 Å². The van der Waals surface area contributed by atoms with Crippen LogP contribution in [0.4, 0.5) is 0 Å². The van der Waals surface area contributed by atoms with Gasteiger partial charge in [-0.1, -0.05) is 6.92 Å². The zero-order chi connectivity index (χ0) is 11.1. The van der Waals surface area contributed by atoms with Gasteiger partial charge in [0.1, 0.15) is 0 Å². The Kier molecular flexibility index (Phi) is 5.29. The van der Waals surface area contributed by atoms with Crippen molar-refractivity contribution in [1.82, 2.24) is 15.2 Å². The molecule has 1 atom stereocenters. The largest absolute Gasteiger partial charge is 0.316 e. The van der Waals surface area contributed by atoms with Crippen LogP contribution in [0.25, 0.3) is 0 Å². The molecule has 0 bridgehead atoms. The first-order valence-corrected chi connectivity index (χ1v) is 5.51. The number of likely N-dealkylation sites (N-methyl/N-ethyl adjacent to an activating group) is 2. The average Bonchev–Trinajstić information content (AvgIpc) is 2.27. The van der Waals surface area contributed by atoms with E-state index in [0.29, 0.717) is 6.04 Å². The van der Waals surface area contributed by atoms with Crippen molar-refractivity contribution in [2.75, 3.05) is 20.6 Å². The molecule has 0 saturated carbocycles. The number of nitrogens with one attached hydrogen (secondary N) is 1. The van der Waals surface area contributed by atoms with Gasteiger partial charge in [0.2, 0.25) is 0 Å². The molecule has 0 radical (unpaired) electrons. The third-order valence-corrected chi connectivity index (χ3v) is 2.63. The highest BCUT2D eigenvalue weighted by molar-refractivity contribution is 5.09. The number of rotatable bonds is 6. The third-order valence-electron chi connectivity index (χ3n) is 2.63. The van der Waals surface area contributed by atoms with Gasteiger partial charge in [0.05, 0.1) is 0 Å². The highest BCUT2D eigenvalue weighted by atomic mass is 15.1. The molecule has 0 amide bonds. The maximum atomic E-state index is 4.02. The monoisotopic (exact) mass is 207 g/mol. The maximum absolute atomic E-state index is 4.02. The smallest absolute Gasteiger partial charge is 0.0271 e. The summed E-state index contributed by atoms with van der Waals surface area (Å²) in [6.45, 7) is 4.28. The molecule has 1 heterocycles. The van der Waals surface area contributed by atoms with Crippen LogP contribution in [0, 0.1) is 0 Å². The Balaban J connectivity index is 2.39. The van der Waals surface area contributed by atoms with Gasteiger partial charge in [-0.3, -0.25) is 4.98 Å². The first kappa shape index (κ1) is 12.1. The van der Waals surface area contributed by atoms with Crippen molar-refractivity contribution in [1.29, 1.82) is 0 Å². The Bertz CT molecular complexity index is 257. The average molecular weight is 207 g/mol. The standard InChI is InChI=1S/C12H21N3/c1-4-12(13-2)10-15(3)9-11-5-7-14-8-6-11/h5-8,12-13H,4,9-10H2,1-3H3. The summed E-state index contributed by atoms with van der Waals surface area (Å²) >= 11 is 0. The van der Waals surface area contributed by atoms with Crippen molar-refractivity contribution < 1.29 is 0 Å². The third kappa shape index (κ3) is 4.40. The van der Waals surface area contributed by atoms with Gasteiger partial charge in [0.15, 0.2) is 0 Å². The van der Waals surface area contributed by atoms with Crippen molar-refractivity contribution >= 4 is 0 Å². The highest BCUT2D eigenvalue weighted by Crippen LogP contribution is 2.02. The second-order valence-corrected chi connectivity index (χ2v) is 3.95. The van der Waals surface area contributed by atoms with Crippen molar-refractivity contribution in [2.45, 2.75) is 25.9 Å². The minimum Gasteiger partial charge on any atom is -0.316 e. The van der Waals surface area contributed by atoms with Crippen molar-refractivity contribution in [3.63, 3.8) is 0 Å². The fourth-order valence-electron chi connectivity index (χ4n) is 1.67. The molecule has 0 saturated heterocycles. The molecule has 84 valence electrons. The van der Waals surface area contributed by atoms with Gasteiger partial charge in [-0.25, -0.2) is 0 Å². The molecule has 3 nitrogen and oxygen atoms in total. The Hall–Kier alpha value is -0.930. The number of nitrogens with zero attached hydrogens (tertiary/aromatic N) is 2. The Morgan fingerprint density at radius 1 is 1.40 bits per heavy atom. The summed E-state index contributed by atoms with van der Waals surface area (Å²) in [5, 5.41) is 3.31. The molecule has 1 aromatic rings. The van der Waals surface area contributed by atoms with Crippen molar-refractivity contribution in [3.8, 4) is 0 Å². The molecular weight excluding hydrogens is 186 g/mol. The maximum Gasteiger partial charge on any atom is 0.0271 e. The molecule has 0 aliphatic heterocycles. The molecule has 0 aliphatic rings. The fourth-order valence-corrected chi connectivity index (χ4v) is 1.67. The molecule has 1 unspecified atom stereocenters. The van der Waals surface area contributed by atoms with E-state index < -0.39 is 0 Å². The minimum atomic E-state index is 0.580. The molecule has 0 aliphatic carbocycles. The minimum absolute atomic E-state index is 0.580. The number of hydrogen-bond acceptors (Lipinski definition) is 3. The highest BCUT2D eigenvalue weighted by Gasteiger charge is 2.07. The molecular formula is C12H21N3. The fraction of sp³-hybridized carbons (Fsp3) is 0.583. The number of hydrogen-bond donors (Lipinski definition) is 1. The predicted molar refractivity (Wildman–Crippen MR) is 63.7 cm³/mol. The quantitative estimate of drug-likeness (QED) is 0.766. The Morgan fingerprint density at radius 2 is 2.07 bits per heavy atom. The first-order chi connectivity index (χ1) is 7.26. The lowest BCUT2D eigenvalue weighted by molar-refractivity contribution is 0.284. The van der Waals surface area contributed by atoms with Gasteiger partial charge in [0.25, 0.3) is 0 Å². The van der Waals surface area contributed by atoms with Crippen LogP contribution in [-0.4, -0.2) is 36.6 Å². The summed E-state index contributed by atoms with van der Waals surface area (Å²) in [7, 11) is 4.18. The zero-order valence-corrected chi connectivity index (χ0v) is 9.90. The second kappa shape index (κ2) is 6.53. The first-order valence-electron chi connectivity index (χ1n) is 5.51. The van der Waals surface area contributed by atoms with Gasteiger partial charge in [-0.2, -0.15) is 0 Å². The van der Waals surface area contributed by atoms with Crippen molar-refractivity contribution in [3.05, 3.63) is 30.1 Å². The van der Waals surface area contributed by atoms with Gasteiger partial charge in [0, 0.05) is 31.5 Å². The molecule has 0 aromatic carbocycles. The van der Waals surface area contributed by atoms with Crippen LogP contribution in [0.5, 0.6) is 0 Å². The summed E-state index contributed by atoms with van der Waals surface area (Å²) in [4.78, 5) is 6.35. The van der Waals surface area contributed by atoms with E-state index in [2.05, 4.69) is 41.3 Å². The van der Waals surface area contributed by atoms with E-state index in [-0.39, 0.29) is 0 Å². The summed E-state index contributed by atoms with van der Waals surface area (Å²) in [5.41, 5.74) is 1.32. The van der Waals surface area contributed by atoms with Crippen molar-refractivity contribution in [2.24, 2.45) is 0 Å². The van der Waals surface area contributed by atoms with E-state index in [0.717, 1.165) is 19.5 Å². The lowest BCUT2D eigenvalue weighted by Gasteiger charge is -2.22. The SMILES string of the molecule is CCC(CN(C)Cc1ccncc1)NC. The lowest BCUT2D eigenvalue weighted by atomic mass is 10.2. The van der Waals surface area contributed by atoms with Gasteiger partial charge in [-0.05, 0) is 38.2 Å². The van der Waals surface area contributed by atoms with E-state index in [1.165, 1.54) is 5.56 Å². The van der Waals surface area contributed by atoms with Crippen LogP contribution in [0.2, 0.25) is 0 Å². The summed E-state index contributed by atoms with van der Waals surface area (Å²) in [6.07, 6.45) is 4.86. The summed E-state index contributed by atoms with van der Waals surface area (Å²) in [6, 6.07) is 4.71. The summed E-state index contributed by atoms with van der Waals surface area (Å²) < 4.78 is 0. The zero-order valence-electron chi connectivity index (χ0n) is 9.90. The molecule has 3 heteroatoms. The number of pyridine rings is 1. The Labute approximate surface area is 92.5 Å². The van der Waals surface area contributed by atoms with Crippen LogP contribution in [0.1, 0.15) is 18.9 Å². The second-order valence-electron chi connectivity index (χ2n) is 3.95. The van der Waals surface area contributed by atoms with Crippen LogP contribution >= 0.6 is 0 Å². The van der Waals surface area contributed by atoms with E-state index in [1.54, 1.807) is 0 Å². The molecule has 15 heavy (non-hydrogen) atoms. The van der Waals surface area contributed by atoms with Crippen LogP contribution in [0.15, 0.2) is 24.5 Å². The van der Waals surface area contributed by atoms with E-state index >= 15 is 0 Å². The van der Waals surface area contributed by atoms with Gasteiger partial charge in [-0.15, -0.1) is 0 Å². The molecule has 1 aromatic heterocycles.